The molecule has 0 spiro atoms. The molecule has 1 aliphatic carbocycles. The number of carbonyl (C=O) groups is 2. The van der Waals surface area contributed by atoms with Gasteiger partial charge in [-0.1, -0.05) is 6.07 Å². The third kappa shape index (κ3) is 5.11. The standard InChI is InChI=1S/C24H27N3O4/c25-23(27-9-11-31-12-10-27)17-5-7-21(8-6-17)26-24(30)20-4-3-18-13-16(14-22(28)29)1-2-19(18)15-20/h3-8,15-16,25H,1-2,9-14H2,(H,26,30)(H,28,29). The summed E-state index contributed by atoms with van der Waals surface area (Å²) >= 11 is 0. The normalized spacial score (nSPS) is 18.2. The Balaban J connectivity index is 1.38. The number of anilines is 1. The highest BCUT2D eigenvalue weighted by Gasteiger charge is 2.22. The molecule has 0 bridgehead atoms. The molecule has 1 saturated heterocycles. The van der Waals surface area contributed by atoms with Crippen LogP contribution in [0.3, 0.4) is 0 Å². The number of nitrogens with one attached hydrogen (secondary N) is 2. The van der Waals surface area contributed by atoms with Crippen LogP contribution in [0.25, 0.3) is 0 Å². The molecule has 7 heteroatoms. The largest absolute Gasteiger partial charge is 0.481 e. The molecule has 1 atom stereocenters. The Morgan fingerprint density at radius 1 is 1.06 bits per heavy atom. The number of benzene rings is 2. The maximum absolute atomic E-state index is 12.7. The lowest BCUT2D eigenvalue weighted by atomic mass is 9.81. The van der Waals surface area contributed by atoms with Gasteiger partial charge in [0.05, 0.1) is 13.2 Å². The van der Waals surface area contributed by atoms with E-state index in [-0.39, 0.29) is 18.2 Å². The van der Waals surface area contributed by atoms with E-state index in [1.165, 1.54) is 0 Å². The van der Waals surface area contributed by atoms with Gasteiger partial charge >= 0.3 is 5.97 Å². The van der Waals surface area contributed by atoms with Crippen molar-refractivity contribution in [3.8, 4) is 0 Å². The fraction of sp³-hybridized carbons (Fsp3) is 0.375. The number of carboxylic acids is 1. The van der Waals surface area contributed by atoms with Gasteiger partial charge in [0.2, 0.25) is 0 Å². The third-order valence-electron chi connectivity index (χ3n) is 6.01. The molecule has 4 rings (SSSR count). The number of morpholine rings is 1. The Morgan fingerprint density at radius 3 is 2.48 bits per heavy atom. The third-order valence-corrected chi connectivity index (χ3v) is 6.01. The van der Waals surface area contributed by atoms with Gasteiger partial charge in [-0.15, -0.1) is 0 Å². The van der Waals surface area contributed by atoms with Gasteiger partial charge in [0.15, 0.2) is 0 Å². The minimum absolute atomic E-state index is 0.166. The number of ether oxygens (including phenoxy) is 1. The SMILES string of the molecule is N=C(c1ccc(NC(=O)c2ccc3c(c2)CCC(CC(=O)O)C3)cc1)N1CCOCC1. The molecule has 1 unspecified atom stereocenters. The molecule has 7 nitrogen and oxygen atoms in total. The summed E-state index contributed by atoms with van der Waals surface area (Å²) in [5.74, 6) is -0.293. The monoisotopic (exact) mass is 421 g/mol. The summed E-state index contributed by atoms with van der Waals surface area (Å²) in [5.41, 5.74) is 4.36. The minimum atomic E-state index is -0.754. The lowest BCUT2D eigenvalue weighted by Gasteiger charge is -2.29. The molecule has 31 heavy (non-hydrogen) atoms. The van der Waals surface area contributed by atoms with E-state index in [0.29, 0.717) is 43.4 Å². The second-order valence-electron chi connectivity index (χ2n) is 8.17. The van der Waals surface area contributed by atoms with Crippen LogP contribution in [-0.2, 0) is 22.4 Å². The van der Waals surface area contributed by atoms with Gasteiger partial charge in [0.25, 0.3) is 5.91 Å². The molecule has 0 aromatic heterocycles. The van der Waals surface area contributed by atoms with Gasteiger partial charge in [0.1, 0.15) is 5.84 Å². The zero-order valence-electron chi connectivity index (χ0n) is 17.4. The maximum Gasteiger partial charge on any atom is 0.303 e. The highest BCUT2D eigenvalue weighted by atomic mass is 16.5. The first-order chi connectivity index (χ1) is 15.0. The van der Waals surface area contributed by atoms with Crippen molar-refractivity contribution in [3.05, 3.63) is 64.7 Å². The second kappa shape index (κ2) is 9.31. The van der Waals surface area contributed by atoms with Crippen LogP contribution in [0.2, 0.25) is 0 Å². The summed E-state index contributed by atoms with van der Waals surface area (Å²) < 4.78 is 5.34. The smallest absolute Gasteiger partial charge is 0.303 e. The number of nitrogens with zero attached hydrogens (tertiary/aromatic N) is 1. The highest BCUT2D eigenvalue weighted by Crippen LogP contribution is 2.28. The molecular formula is C24H27N3O4. The fourth-order valence-corrected chi connectivity index (χ4v) is 4.28. The number of amidine groups is 1. The molecule has 0 saturated carbocycles. The molecule has 0 radical (unpaired) electrons. The van der Waals surface area contributed by atoms with E-state index in [1.54, 1.807) is 6.07 Å². The molecule has 1 aliphatic heterocycles. The van der Waals surface area contributed by atoms with Crippen LogP contribution in [-0.4, -0.2) is 54.0 Å². The summed E-state index contributed by atoms with van der Waals surface area (Å²) in [6.45, 7) is 2.70. The maximum atomic E-state index is 12.7. The summed E-state index contributed by atoms with van der Waals surface area (Å²) in [5, 5.41) is 20.3. The average molecular weight is 421 g/mol. The Labute approximate surface area is 181 Å². The lowest BCUT2D eigenvalue weighted by molar-refractivity contribution is -0.138. The first kappa shape index (κ1) is 21.1. The van der Waals surface area contributed by atoms with Gasteiger partial charge in [-0.2, -0.15) is 0 Å². The van der Waals surface area contributed by atoms with E-state index in [4.69, 9.17) is 15.3 Å². The number of amides is 1. The van der Waals surface area contributed by atoms with Crippen molar-refractivity contribution in [1.29, 1.82) is 5.41 Å². The highest BCUT2D eigenvalue weighted by molar-refractivity contribution is 6.05. The van der Waals surface area contributed by atoms with Gasteiger partial charge < -0.3 is 20.1 Å². The number of rotatable bonds is 5. The molecular weight excluding hydrogens is 394 g/mol. The molecule has 2 aromatic rings. The summed E-state index contributed by atoms with van der Waals surface area (Å²) in [4.78, 5) is 25.7. The van der Waals surface area contributed by atoms with Crippen LogP contribution in [0.1, 0.15) is 39.9 Å². The van der Waals surface area contributed by atoms with Gasteiger partial charge in [-0.3, -0.25) is 15.0 Å². The molecule has 2 aliphatic rings. The number of aryl methyl sites for hydroxylation is 1. The number of carbonyl (C=O) groups excluding carboxylic acids is 1. The summed E-state index contributed by atoms with van der Waals surface area (Å²) in [6.07, 6.45) is 2.58. The van der Waals surface area contributed by atoms with E-state index >= 15 is 0 Å². The van der Waals surface area contributed by atoms with E-state index in [1.807, 2.05) is 41.3 Å². The lowest BCUT2D eigenvalue weighted by Crippen LogP contribution is -2.40. The van der Waals surface area contributed by atoms with Crippen LogP contribution >= 0.6 is 0 Å². The van der Waals surface area contributed by atoms with Crippen molar-refractivity contribution in [1.82, 2.24) is 4.90 Å². The van der Waals surface area contributed by atoms with Crippen molar-refractivity contribution in [3.63, 3.8) is 0 Å². The zero-order valence-corrected chi connectivity index (χ0v) is 17.4. The van der Waals surface area contributed by atoms with Gasteiger partial charge in [0, 0.05) is 36.3 Å². The van der Waals surface area contributed by atoms with Crippen molar-refractivity contribution < 1.29 is 19.4 Å². The van der Waals surface area contributed by atoms with Crippen LogP contribution < -0.4 is 5.32 Å². The molecule has 1 amide bonds. The van der Waals surface area contributed by atoms with E-state index < -0.39 is 5.97 Å². The Hall–Kier alpha value is -3.19. The molecule has 1 heterocycles. The van der Waals surface area contributed by atoms with E-state index in [9.17, 15) is 9.59 Å². The predicted molar refractivity (Wildman–Crippen MR) is 118 cm³/mol. The minimum Gasteiger partial charge on any atom is -0.481 e. The number of hydrogen-bond donors (Lipinski definition) is 3. The Kier molecular flexibility index (Phi) is 6.32. The first-order valence-electron chi connectivity index (χ1n) is 10.7. The summed E-state index contributed by atoms with van der Waals surface area (Å²) in [7, 11) is 0. The number of aliphatic carboxylic acids is 1. The Bertz CT molecular complexity index is 981. The fourth-order valence-electron chi connectivity index (χ4n) is 4.28. The van der Waals surface area contributed by atoms with Crippen LogP contribution in [0, 0.1) is 11.3 Å². The van der Waals surface area contributed by atoms with Crippen molar-refractivity contribution in [2.24, 2.45) is 5.92 Å². The van der Waals surface area contributed by atoms with Crippen molar-refractivity contribution in [2.45, 2.75) is 25.7 Å². The molecule has 2 aromatic carbocycles. The predicted octanol–water partition coefficient (Wildman–Crippen LogP) is 3.18. The van der Waals surface area contributed by atoms with Crippen LogP contribution in [0.15, 0.2) is 42.5 Å². The quantitative estimate of drug-likeness (QED) is 0.508. The topological polar surface area (TPSA) is 103 Å². The Morgan fingerprint density at radius 2 is 1.77 bits per heavy atom. The average Bonchev–Trinajstić information content (AvgIpc) is 2.79. The molecule has 162 valence electrons. The van der Waals surface area contributed by atoms with Gasteiger partial charge in [-0.25, -0.2) is 0 Å². The number of hydrogen-bond acceptors (Lipinski definition) is 4. The second-order valence-corrected chi connectivity index (χ2v) is 8.17. The van der Waals surface area contributed by atoms with E-state index in [0.717, 1.165) is 36.0 Å². The number of carboxylic acid groups (broad SMARTS) is 1. The van der Waals surface area contributed by atoms with Crippen molar-refractivity contribution in [2.75, 3.05) is 31.6 Å². The van der Waals surface area contributed by atoms with Crippen LogP contribution in [0.5, 0.6) is 0 Å². The first-order valence-corrected chi connectivity index (χ1v) is 10.7. The van der Waals surface area contributed by atoms with E-state index in [2.05, 4.69) is 5.32 Å². The zero-order chi connectivity index (χ0) is 21.8. The van der Waals surface area contributed by atoms with Gasteiger partial charge in [-0.05, 0) is 72.7 Å². The molecule has 3 N–H and O–H groups in total. The van der Waals surface area contributed by atoms with Crippen LogP contribution in [0.4, 0.5) is 5.69 Å². The van der Waals surface area contributed by atoms with Crippen molar-refractivity contribution >= 4 is 23.4 Å². The summed E-state index contributed by atoms with van der Waals surface area (Å²) in [6, 6.07) is 13.0. The molecule has 1 fully saturated rings. The number of fused-ring (bicyclic) bond motifs is 1.